The van der Waals surface area contributed by atoms with Crippen LogP contribution in [-0.4, -0.2) is 44.3 Å². The summed E-state index contributed by atoms with van der Waals surface area (Å²) in [6.45, 7) is 1.75. The molecule has 0 aromatic carbocycles. The molecule has 0 aromatic rings. The zero-order valence-electron chi connectivity index (χ0n) is 9.12. The van der Waals surface area contributed by atoms with Crippen LogP contribution in [0.25, 0.3) is 0 Å². The molecule has 0 aromatic heterocycles. The Labute approximate surface area is 96.5 Å². The number of hydrogen-bond donors (Lipinski definition) is 4. The van der Waals surface area contributed by atoms with E-state index in [9.17, 15) is 19.2 Å². The summed E-state index contributed by atoms with van der Waals surface area (Å²) in [6, 6.07) is 0. The average Bonchev–Trinajstić information content (AvgIpc) is 2.11. The van der Waals surface area contributed by atoms with Crippen molar-refractivity contribution in [1.29, 1.82) is 0 Å². The van der Waals surface area contributed by atoms with Gasteiger partial charge in [0.15, 0.2) is 5.92 Å². The highest BCUT2D eigenvalue weighted by molar-refractivity contribution is 5.92. The summed E-state index contributed by atoms with van der Waals surface area (Å²) in [5, 5.41) is 32.0. The van der Waals surface area contributed by atoms with E-state index in [1.54, 1.807) is 6.92 Å². The van der Waals surface area contributed by atoms with Crippen molar-refractivity contribution in [3.8, 4) is 0 Å². The van der Waals surface area contributed by atoms with Gasteiger partial charge in [-0.3, -0.25) is 19.2 Å². The maximum absolute atomic E-state index is 10.2. The number of carbonyl (C=O) groups is 4. The van der Waals surface area contributed by atoms with Crippen LogP contribution in [-0.2, 0) is 19.2 Å². The first kappa shape index (κ1) is 17.3. The Hall–Kier alpha value is -2.12. The van der Waals surface area contributed by atoms with Crippen molar-refractivity contribution in [2.45, 2.75) is 26.2 Å². The lowest BCUT2D eigenvalue weighted by atomic mass is 10.1. The Morgan fingerprint density at radius 2 is 1.24 bits per heavy atom. The molecule has 0 heterocycles. The van der Waals surface area contributed by atoms with Crippen LogP contribution in [0.2, 0.25) is 0 Å². The molecule has 0 amide bonds. The Bertz CT molecular complexity index is 269. The van der Waals surface area contributed by atoms with E-state index in [1.165, 1.54) is 0 Å². The Morgan fingerprint density at radius 3 is 1.29 bits per heavy atom. The number of rotatable bonds is 6. The van der Waals surface area contributed by atoms with E-state index in [4.69, 9.17) is 20.4 Å². The van der Waals surface area contributed by atoms with Crippen LogP contribution < -0.4 is 0 Å². The molecule has 0 aliphatic heterocycles. The lowest BCUT2D eigenvalue weighted by Gasteiger charge is -2.02. The monoisotopic (exact) mass is 250 g/mol. The third-order valence-corrected chi connectivity index (χ3v) is 1.48. The van der Waals surface area contributed by atoms with Gasteiger partial charge in [0.2, 0.25) is 0 Å². The summed E-state index contributed by atoms with van der Waals surface area (Å²) in [5.74, 6) is -6.37. The fraction of sp³-hybridized carbons (Fsp3) is 0.556. The predicted octanol–water partition coefficient (Wildman–Crippen LogP) is 0.118. The molecule has 0 aliphatic rings. The third kappa shape index (κ3) is 11.8. The van der Waals surface area contributed by atoms with Gasteiger partial charge in [0.05, 0.1) is 0 Å². The average molecular weight is 250 g/mol. The summed E-state index contributed by atoms with van der Waals surface area (Å²) < 4.78 is 0. The van der Waals surface area contributed by atoms with Crippen LogP contribution in [0.15, 0.2) is 0 Å². The van der Waals surface area contributed by atoms with Gasteiger partial charge in [0, 0.05) is 0 Å². The summed E-state index contributed by atoms with van der Waals surface area (Å²) in [4.78, 5) is 39.2. The smallest absolute Gasteiger partial charge is 0.317 e. The molecule has 0 radical (unpaired) electrons. The van der Waals surface area contributed by atoms with Gasteiger partial charge in [0.1, 0.15) is 6.42 Å². The largest absolute Gasteiger partial charge is 0.481 e. The number of hydrogen-bond acceptors (Lipinski definition) is 4. The third-order valence-electron chi connectivity index (χ3n) is 1.48. The van der Waals surface area contributed by atoms with E-state index < -0.39 is 36.2 Å². The Kier molecular flexibility index (Phi) is 9.28. The first-order chi connectivity index (χ1) is 7.72. The maximum Gasteiger partial charge on any atom is 0.317 e. The predicted molar refractivity (Wildman–Crippen MR) is 53.6 cm³/mol. The van der Waals surface area contributed by atoms with Crippen molar-refractivity contribution >= 4 is 23.9 Å². The van der Waals surface area contributed by atoms with Gasteiger partial charge in [-0.25, -0.2) is 0 Å². The molecule has 0 aliphatic carbocycles. The molecule has 0 unspecified atom stereocenters. The lowest BCUT2D eigenvalue weighted by molar-refractivity contribution is -0.155. The normalized spacial score (nSPS) is 9.06. The molecule has 0 bridgehead atoms. The van der Waals surface area contributed by atoms with Crippen molar-refractivity contribution in [3.05, 3.63) is 0 Å². The molecule has 0 saturated carbocycles. The standard InChI is InChI=1S/C6H10O4.C3H4O4/c1-2-3-4(5(7)8)6(9)10;4-2(5)1-3(6)7/h4H,2-3H2,1H3,(H,7,8)(H,9,10);1H2,(H,4,5)(H,6,7). The van der Waals surface area contributed by atoms with Crippen LogP contribution in [0.5, 0.6) is 0 Å². The number of carboxylic acid groups (broad SMARTS) is 4. The quantitative estimate of drug-likeness (QED) is 0.485. The van der Waals surface area contributed by atoms with Crippen LogP contribution >= 0.6 is 0 Å². The van der Waals surface area contributed by atoms with Gasteiger partial charge in [0.25, 0.3) is 0 Å². The highest BCUT2D eigenvalue weighted by Gasteiger charge is 2.23. The molecule has 0 spiro atoms. The SMILES string of the molecule is CCCC(C(=O)O)C(=O)O.O=C(O)CC(=O)O. The molecule has 98 valence electrons. The van der Waals surface area contributed by atoms with E-state index in [0.717, 1.165) is 0 Å². The molecule has 8 nitrogen and oxygen atoms in total. The van der Waals surface area contributed by atoms with Crippen LogP contribution in [0, 0.1) is 5.92 Å². The number of carboxylic acids is 4. The van der Waals surface area contributed by atoms with E-state index in [0.29, 0.717) is 6.42 Å². The molecule has 0 rings (SSSR count). The molecule has 8 heteroatoms. The molecule has 17 heavy (non-hydrogen) atoms. The molecular formula is C9H14O8. The van der Waals surface area contributed by atoms with Crippen LogP contribution in [0.4, 0.5) is 0 Å². The highest BCUT2D eigenvalue weighted by atomic mass is 16.4. The zero-order chi connectivity index (χ0) is 14.0. The van der Waals surface area contributed by atoms with Crippen molar-refractivity contribution in [2.75, 3.05) is 0 Å². The van der Waals surface area contributed by atoms with Gasteiger partial charge >= 0.3 is 23.9 Å². The number of aliphatic carboxylic acids is 4. The van der Waals surface area contributed by atoms with Crippen molar-refractivity contribution in [2.24, 2.45) is 5.92 Å². The lowest BCUT2D eigenvalue weighted by Crippen LogP contribution is -2.22. The summed E-state index contributed by atoms with van der Waals surface area (Å²) in [5.41, 5.74) is 0. The molecular weight excluding hydrogens is 236 g/mol. The first-order valence-electron chi connectivity index (χ1n) is 4.61. The second-order valence-electron chi connectivity index (χ2n) is 2.98. The fourth-order valence-electron chi connectivity index (χ4n) is 0.771. The minimum Gasteiger partial charge on any atom is -0.481 e. The summed E-state index contributed by atoms with van der Waals surface area (Å²) in [7, 11) is 0. The van der Waals surface area contributed by atoms with E-state index in [2.05, 4.69) is 0 Å². The molecule has 4 N–H and O–H groups in total. The van der Waals surface area contributed by atoms with Crippen molar-refractivity contribution in [3.63, 3.8) is 0 Å². The summed E-state index contributed by atoms with van der Waals surface area (Å²) >= 11 is 0. The first-order valence-corrected chi connectivity index (χ1v) is 4.61. The van der Waals surface area contributed by atoms with Crippen LogP contribution in [0.3, 0.4) is 0 Å². The molecule has 0 atom stereocenters. The van der Waals surface area contributed by atoms with Gasteiger partial charge in [-0.2, -0.15) is 0 Å². The summed E-state index contributed by atoms with van der Waals surface area (Å²) in [6.07, 6.45) is -0.0338. The van der Waals surface area contributed by atoms with E-state index in [1.807, 2.05) is 0 Å². The Morgan fingerprint density at radius 1 is 0.882 bits per heavy atom. The molecule has 0 fully saturated rings. The van der Waals surface area contributed by atoms with Gasteiger partial charge in [-0.05, 0) is 6.42 Å². The van der Waals surface area contributed by atoms with Crippen LogP contribution in [0.1, 0.15) is 26.2 Å². The van der Waals surface area contributed by atoms with Crippen molar-refractivity contribution < 1.29 is 39.6 Å². The Balaban J connectivity index is 0. The topological polar surface area (TPSA) is 149 Å². The highest BCUT2D eigenvalue weighted by Crippen LogP contribution is 2.05. The minimum atomic E-state index is -1.31. The second kappa shape index (κ2) is 9.13. The maximum atomic E-state index is 10.2. The second-order valence-corrected chi connectivity index (χ2v) is 2.98. The van der Waals surface area contributed by atoms with Gasteiger partial charge in [-0.1, -0.05) is 13.3 Å². The van der Waals surface area contributed by atoms with E-state index in [-0.39, 0.29) is 6.42 Å². The fourth-order valence-corrected chi connectivity index (χ4v) is 0.771. The molecule has 0 saturated heterocycles. The van der Waals surface area contributed by atoms with E-state index >= 15 is 0 Å². The van der Waals surface area contributed by atoms with Crippen molar-refractivity contribution in [1.82, 2.24) is 0 Å². The minimum absolute atomic E-state index is 0.199. The zero-order valence-corrected chi connectivity index (χ0v) is 9.12. The van der Waals surface area contributed by atoms with Gasteiger partial charge in [-0.15, -0.1) is 0 Å². The van der Waals surface area contributed by atoms with Gasteiger partial charge < -0.3 is 20.4 Å².